The Kier molecular flexibility index (Phi) is 5.08. The van der Waals surface area contributed by atoms with E-state index in [1.807, 2.05) is 55.5 Å². The third kappa shape index (κ3) is 3.19. The molecule has 2 aromatic carbocycles. The third-order valence-corrected chi connectivity index (χ3v) is 6.66. The maximum absolute atomic E-state index is 13.2. The van der Waals surface area contributed by atoms with E-state index in [1.54, 1.807) is 11.8 Å². The Morgan fingerprint density at radius 1 is 1.10 bits per heavy atom. The van der Waals surface area contributed by atoms with Gasteiger partial charge in [-0.25, -0.2) is 4.98 Å². The summed E-state index contributed by atoms with van der Waals surface area (Å²) in [5.41, 5.74) is 2.81. The van der Waals surface area contributed by atoms with E-state index in [-0.39, 0.29) is 18.4 Å². The number of hydrogen-bond donors (Lipinski definition) is 1. The van der Waals surface area contributed by atoms with Gasteiger partial charge >= 0.3 is 0 Å². The number of aryl methyl sites for hydroxylation is 1. The van der Waals surface area contributed by atoms with E-state index < -0.39 is 4.75 Å². The van der Waals surface area contributed by atoms with Crippen molar-refractivity contribution < 1.29 is 9.59 Å². The number of nitrogens with one attached hydrogen (secondary N) is 1. The Balaban J connectivity index is 1.59. The van der Waals surface area contributed by atoms with Crippen LogP contribution < -0.4 is 10.2 Å². The van der Waals surface area contributed by atoms with E-state index in [2.05, 4.69) is 21.8 Å². The van der Waals surface area contributed by atoms with Crippen LogP contribution in [0.25, 0.3) is 11.0 Å². The van der Waals surface area contributed by atoms with Crippen LogP contribution in [0.2, 0.25) is 0 Å². The quantitative estimate of drug-likeness (QED) is 0.655. The first-order chi connectivity index (χ1) is 14.0. The summed E-state index contributed by atoms with van der Waals surface area (Å²) in [6, 6.07) is 15.6. The van der Waals surface area contributed by atoms with Crippen molar-refractivity contribution in [3.8, 4) is 0 Å². The molecule has 0 saturated heterocycles. The highest BCUT2D eigenvalue weighted by Crippen LogP contribution is 2.45. The van der Waals surface area contributed by atoms with E-state index >= 15 is 0 Å². The van der Waals surface area contributed by atoms with Crippen molar-refractivity contribution in [2.24, 2.45) is 0 Å². The molecule has 29 heavy (non-hydrogen) atoms. The highest BCUT2D eigenvalue weighted by Gasteiger charge is 2.48. The Morgan fingerprint density at radius 2 is 1.83 bits per heavy atom. The number of thioether (sulfide) groups is 1. The summed E-state index contributed by atoms with van der Waals surface area (Å²) in [7, 11) is 0. The number of aromatic nitrogens is 2. The van der Waals surface area contributed by atoms with Crippen molar-refractivity contribution >= 4 is 40.3 Å². The molecule has 0 radical (unpaired) electrons. The first-order valence-corrected chi connectivity index (χ1v) is 10.6. The van der Waals surface area contributed by atoms with Crippen molar-refractivity contribution in [1.29, 1.82) is 0 Å². The molecule has 4 rings (SSSR count). The Labute approximate surface area is 174 Å². The van der Waals surface area contributed by atoms with Crippen molar-refractivity contribution in [3.05, 3.63) is 54.4 Å². The lowest BCUT2D eigenvalue weighted by atomic mass is 10.1. The molecule has 2 heterocycles. The van der Waals surface area contributed by atoms with Crippen LogP contribution in [0, 0.1) is 0 Å². The smallest absolute Gasteiger partial charge is 0.252 e. The van der Waals surface area contributed by atoms with Crippen molar-refractivity contribution in [1.82, 2.24) is 14.9 Å². The number of anilines is 1. The van der Waals surface area contributed by atoms with E-state index in [0.29, 0.717) is 6.54 Å². The molecule has 1 aliphatic heterocycles. The molecule has 0 spiro atoms. The van der Waals surface area contributed by atoms with Crippen LogP contribution in [-0.4, -0.2) is 32.7 Å². The van der Waals surface area contributed by atoms with Crippen molar-refractivity contribution in [3.63, 3.8) is 0 Å². The van der Waals surface area contributed by atoms with Gasteiger partial charge in [0.15, 0.2) is 4.75 Å². The number of nitrogens with zero attached hydrogens (tertiary/aromatic N) is 3. The first-order valence-electron chi connectivity index (χ1n) is 9.82. The van der Waals surface area contributed by atoms with Crippen molar-refractivity contribution in [2.75, 3.05) is 11.4 Å². The van der Waals surface area contributed by atoms with Gasteiger partial charge in [-0.15, -0.1) is 0 Å². The number of hydrogen-bond acceptors (Lipinski definition) is 4. The summed E-state index contributed by atoms with van der Waals surface area (Å²) in [6.45, 7) is 7.23. The van der Waals surface area contributed by atoms with E-state index in [1.165, 1.54) is 11.8 Å². The van der Waals surface area contributed by atoms with Crippen LogP contribution in [0.15, 0.2) is 53.4 Å². The van der Waals surface area contributed by atoms with Gasteiger partial charge in [-0.3, -0.25) is 9.59 Å². The Bertz CT molecular complexity index is 1090. The maximum atomic E-state index is 13.2. The van der Waals surface area contributed by atoms with E-state index in [0.717, 1.165) is 34.0 Å². The van der Waals surface area contributed by atoms with Crippen LogP contribution in [0.4, 0.5) is 5.69 Å². The zero-order valence-electron chi connectivity index (χ0n) is 16.8. The predicted molar refractivity (Wildman–Crippen MR) is 116 cm³/mol. The second-order valence-electron chi connectivity index (χ2n) is 7.10. The lowest BCUT2D eigenvalue weighted by Gasteiger charge is -2.38. The average Bonchev–Trinajstić information content (AvgIpc) is 3.10. The van der Waals surface area contributed by atoms with E-state index in [4.69, 9.17) is 0 Å². The summed E-state index contributed by atoms with van der Waals surface area (Å²) in [5.74, 6) is 0.298. The normalized spacial score (nSPS) is 18.7. The summed E-state index contributed by atoms with van der Waals surface area (Å²) in [5, 5.41) is 2.96. The van der Waals surface area contributed by atoms with Crippen LogP contribution in [0.1, 0.15) is 26.6 Å². The van der Waals surface area contributed by atoms with Gasteiger partial charge in [-0.2, -0.15) is 0 Å². The second-order valence-corrected chi connectivity index (χ2v) is 8.56. The number of benzene rings is 2. The standard InChI is InChI=1S/C22H24N4O2S/c1-4-25-16-11-7-6-10-15(16)24-19(25)14-23-20(27)22(3)21(28)26(5-2)17-12-8-9-13-18(17)29-22/h6-13H,4-5,14H2,1-3H3,(H,23,27). The van der Waals surface area contributed by atoms with Crippen LogP contribution in [0.3, 0.4) is 0 Å². The zero-order valence-corrected chi connectivity index (χ0v) is 17.6. The number of carbonyl (C=O) groups is 2. The van der Waals surface area contributed by atoms with Crippen LogP contribution in [0.5, 0.6) is 0 Å². The van der Waals surface area contributed by atoms with Crippen LogP contribution >= 0.6 is 11.8 Å². The molecule has 2 amide bonds. The second kappa shape index (κ2) is 7.55. The molecule has 7 heteroatoms. The molecule has 6 nitrogen and oxygen atoms in total. The minimum Gasteiger partial charge on any atom is -0.347 e. The molecule has 0 fully saturated rings. The van der Waals surface area contributed by atoms with Gasteiger partial charge in [0, 0.05) is 18.0 Å². The Morgan fingerprint density at radius 3 is 2.59 bits per heavy atom. The highest BCUT2D eigenvalue weighted by atomic mass is 32.2. The number of fused-ring (bicyclic) bond motifs is 2. The number of carbonyl (C=O) groups excluding carboxylic acids is 2. The lowest BCUT2D eigenvalue weighted by Crippen LogP contribution is -2.56. The van der Waals surface area contributed by atoms with Crippen LogP contribution in [-0.2, 0) is 22.7 Å². The largest absolute Gasteiger partial charge is 0.347 e. The fraction of sp³-hybridized carbons (Fsp3) is 0.318. The molecule has 3 aromatic rings. The number of para-hydroxylation sites is 3. The Hall–Kier alpha value is -2.80. The number of rotatable bonds is 5. The molecule has 150 valence electrons. The van der Waals surface area contributed by atoms with E-state index in [9.17, 15) is 9.59 Å². The van der Waals surface area contributed by atoms with Gasteiger partial charge < -0.3 is 14.8 Å². The summed E-state index contributed by atoms with van der Waals surface area (Å²) >= 11 is 1.31. The molecular weight excluding hydrogens is 384 g/mol. The molecule has 0 saturated carbocycles. The molecule has 1 N–H and O–H groups in total. The number of imidazole rings is 1. The van der Waals surface area contributed by atoms with Crippen molar-refractivity contribution in [2.45, 2.75) is 43.5 Å². The van der Waals surface area contributed by atoms with Gasteiger partial charge in [0.25, 0.3) is 5.91 Å². The third-order valence-electron chi connectivity index (χ3n) is 5.33. The molecule has 1 atom stereocenters. The molecule has 0 aliphatic carbocycles. The summed E-state index contributed by atoms with van der Waals surface area (Å²) in [6.07, 6.45) is 0. The zero-order chi connectivity index (χ0) is 20.6. The number of amides is 2. The predicted octanol–water partition coefficient (Wildman–Crippen LogP) is 3.59. The maximum Gasteiger partial charge on any atom is 0.252 e. The fourth-order valence-electron chi connectivity index (χ4n) is 3.80. The fourth-order valence-corrected chi connectivity index (χ4v) is 5.03. The first kappa shape index (κ1) is 19.5. The molecule has 1 unspecified atom stereocenters. The molecule has 0 bridgehead atoms. The average molecular weight is 409 g/mol. The van der Waals surface area contributed by atoms with Gasteiger partial charge in [-0.1, -0.05) is 36.0 Å². The SMILES string of the molecule is CCN1C(=O)C(C)(C(=O)NCc2nc3ccccc3n2CC)Sc2ccccc21. The van der Waals surface area contributed by atoms with Gasteiger partial charge in [0.05, 0.1) is 23.3 Å². The minimum absolute atomic E-state index is 0.190. The topological polar surface area (TPSA) is 67.2 Å². The van der Waals surface area contributed by atoms with Gasteiger partial charge in [0.1, 0.15) is 5.82 Å². The summed E-state index contributed by atoms with van der Waals surface area (Å²) < 4.78 is 0.870. The molecular formula is C22H24N4O2S. The summed E-state index contributed by atoms with van der Waals surface area (Å²) in [4.78, 5) is 33.6. The molecule has 1 aliphatic rings. The molecule has 1 aromatic heterocycles. The minimum atomic E-state index is -1.21. The highest BCUT2D eigenvalue weighted by molar-refractivity contribution is 8.02. The van der Waals surface area contributed by atoms with Gasteiger partial charge in [0.2, 0.25) is 5.91 Å². The monoisotopic (exact) mass is 408 g/mol. The lowest BCUT2D eigenvalue weighted by molar-refractivity contribution is -0.131. The van der Waals surface area contributed by atoms with Gasteiger partial charge in [-0.05, 0) is 45.0 Å².